The van der Waals surface area contributed by atoms with Crippen LogP contribution in [0.4, 0.5) is 0 Å². The summed E-state index contributed by atoms with van der Waals surface area (Å²) in [6.07, 6.45) is 3.93. The minimum atomic E-state index is -0.407. The second kappa shape index (κ2) is 8.97. The van der Waals surface area contributed by atoms with Gasteiger partial charge in [-0.05, 0) is 35.4 Å². The van der Waals surface area contributed by atoms with Crippen LogP contribution in [0.5, 0.6) is 5.75 Å². The second-order valence-corrected chi connectivity index (χ2v) is 8.83. The minimum absolute atomic E-state index is 0.145. The van der Waals surface area contributed by atoms with Crippen molar-refractivity contribution in [2.75, 3.05) is 0 Å². The van der Waals surface area contributed by atoms with E-state index >= 15 is 0 Å². The van der Waals surface area contributed by atoms with E-state index in [9.17, 15) is 9.90 Å². The summed E-state index contributed by atoms with van der Waals surface area (Å²) in [7, 11) is 0. The molecule has 1 atom stereocenters. The molecule has 4 aromatic rings. The van der Waals surface area contributed by atoms with Crippen molar-refractivity contribution in [1.29, 1.82) is 0 Å². The third-order valence-corrected chi connectivity index (χ3v) is 6.84. The Morgan fingerprint density at radius 2 is 1.88 bits per heavy atom. The normalized spacial score (nSPS) is 15.5. The number of thiophene rings is 1. The Balaban J connectivity index is 1.52. The van der Waals surface area contributed by atoms with E-state index in [0.717, 1.165) is 27.3 Å². The SMILES string of the molecule is NCc1ccccc1-c1ccc(C(=O)N2N=C(c3cccnc3)CC2c2ccccc2O)s1. The summed E-state index contributed by atoms with van der Waals surface area (Å²) in [4.78, 5) is 19.4. The molecule has 0 saturated heterocycles. The highest BCUT2D eigenvalue weighted by atomic mass is 32.1. The van der Waals surface area contributed by atoms with Crippen LogP contribution in [0.25, 0.3) is 10.4 Å². The van der Waals surface area contributed by atoms with Gasteiger partial charge in [-0.1, -0.05) is 48.5 Å². The summed E-state index contributed by atoms with van der Waals surface area (Å²) in [5.74, 6) is -0.0599. The van der Waals surface area contributed by atoms with Gasteiger partial charge in [0.15, 0.2) is 0 Å². The molecular weight excluding hydrogens is 432 g/mol. The number of para-hydroxylation sites is 1. The van der Waals surface area contributed by atoms with Gasteiger partial charge in [-0.15, -0.1) is 11.3 Å². The molecule has 2 aromatic heterocycles. The van der Waals surface area contributed by atoms with Crippen LogP contribution in [0.15, 0.2) is 90.3 Å². The number of nitrogens with two attached hydrogens (primary N) is 1. The van der Waals surface area contributed by atoms with Crippen molar-refractivity contribution in [2.24, 2.45) is 10.8 Å². The quantitative estimate of drug-likeness (QED) is 0.446. The Morgan fingerprint density at radius 1 is 1.06 bits per heavy atom. The summed E-state index contributed by atoms with van der Waals surface area (Å²) in [5, 5.41) is 16.7. The molecule has 1 aliphatic heterocycles. The molecule has 3 heterocycles. The number of carbonyl (C=O) groups is 1. The van der Waals surface area contributed by atoms with Gasteiger partial charge >= 0.3 is 0 Å². The van der Waals surface area contributed by atoms with Crippen molar-refractivity contribution >= 4 is 23.0 Å². The summed E-state index contributed by atoms with van der Waals surface area (Å²) in [6.45, 7) is 0.428. The summed E-state index contributed by atoms with van der Waals surface area (Å²) >= 11 is 1.42. The van der Waals surface area contributed by atoms with Crippen LogP contribution in [-0.2, 0) is 6.54 Å². The van der Waals surface area contributed by atoms with Gasteiger partial charge in [0, 0.05) is 41.4 Å². The topological polar surface area (TPSA) is 91.8 Å². The first-order valence-corrected chi connectivity index (χ1v) is 11.4. The Kier molecular flexibility index (Phi) is 5.73. The Hall–Kier alpha value is -3.81. The molecular formula is C26H22N4O2S. The number of aromatic hydroxyl groups is 1. The molecule has 5 rings (SSSR count). The van der Waals surface area contributed by atoms with Crippen molar-refractivity contribution in [3.8, 4) is 16.2 Å². The van der Waals surface area contributed by atoms with Gasteiger partial charge in [-0.3, -0.25) is 9.78 Å². The van der Waals surface area contributed by atoms with Crippen LogP contribution in [0, 0.1) is 0 Å². The van der Waals surface area contributed by atoms with Crippen LogP contribution in [0.3, 0.4) is 0 Å². The highest BCUT2D eigenvalue weighted by Gasteiger charge is 2.35. The minimum Gasteiger partial charge on any atom is -0.508 e. The number of benzene rings is 2. The van der Waals surface area contributed by atoms with E-state index in [4.69, 9.17) is 5.73 Å². The number of hydrazone groups is 1. The third kappa shape index (κ3) is 4.04. The average Bonchev–Trinajstić information content (AvgIpc) is 3.53. The zero-order chi connectivity index (χ0) is 22.8. The lowest BCUT2D eigenvalue weighted by Gasteiger charge is -2.22. The van der Waals surface area contributed by atoms with Crippen molar-refractivity contribution in [1.82, 2.24) is 9.99 Å². The molecule has 0 fully saturated rings. The number of phenols is 1. The van der Waals surface area contributed by atoms with E-state index < -0.39 is 6.04 Å². The smallest absolute Gasteiger partial charge is 0.284 e. The van der Waals surface area contributed by atoms with E-state index in [2.05, 4.69) is 10.1 Å². The molecule has 164 valence electrons. The lowest BCUT2D eigenvalue weighted by atomic mass is 9.98. The third-order valence-electron chi connectivity index (χ3n) is 5.73. The fourth-order valence-electron chi connectivity index (χ4n) is 4.07. The van der Waals surface area contributed by atoms with Gasteiger partial charge in [0.2, 0.25) is 0 Å². The van der Waals surface area contributed by atoms with Crippen LogP contribution in [0.2, 0.25) is 0 Å². The largest absolute Gasteiger partial charge is 0.508 e. The molecule has 33 heavy (non-hydrogen) atoms. The van der Waals surface area contributed by atoms with Gasteiger partial charge < -0.3 is 10.8 Å². The highest BCUT2D eigenvalue weighted by molar-refractivity contribution is 7.17. The fourth-order valence-corrected chi connectivity index (χ4v) is 5.07. The van der Waals surface area contributed by atoms with Gasteiger partial charge in [-0.2, -0.15) is 5.10 Å². The zero-order valence-electron chi connectivity index (χ0n) is 17.8. The van der Waals surface area contributed by atoms with E-state index in [1.807, 2.05) is 60.7 Å². The van der Waals surface area contributed by atoms with E-state index in [-0.39, 0.29) is 11.7 Å². The predicted molar refractivity (Wildman–Crippen MR) is 130 cm³/mol. The van der Waals surface area contributed by atoms with Crippen molar-refractivity contribution in [3.63, 3.8) is 0 Å². The van der Waals surface area contributed by atoms with Gasteiger partial charge in [0.1, 0.15) is 5.75 Å². The van der Waals surface area contributed by atoms with E-state index in [1.54, 1.807) is 24.5 Å². The molecule has 1 aliphatic rings. The molecule has 0 spiro atoms. The lowest BCUT2D eigenvalue weighted by molar-refractivity contribution is 0.0714. The van der Waals surface area contributed by atoms with Crippen LogP contribution in [-0.4, -0.2) is 26.7 Å². The molecule has 0 bridgehead atoms. The molecule has 0 aliphatic carbocycles. The number of aromatic nitrogens is 1. The van der Waals surface area contributed by atoms with Crippen LogP contribution >= 0.6 is 11.3 Å². The summed E-state index contributed by atoms with van der Waals surface area (Å²) in [5.41, 5.74) is 10.2. The summed E-state index contributed by atoms with van der Waals surface area (Å²) in [6, 6.07) is 22.2. The standard InChI is InChI=1S/C26H22N4O2S/c27-15-17-6-1-2-8-19(17)24-11-12-25(33-24)26(32)30-22(20-9-3-4-10-23(20)31)14-21(29-30)18-7-5-13-28-16-18/h1-13,16,22,31H,14-15,27H2. The maximum atomic E-state index is 13.6. The Bertz CT molecular complexity index is 1330. The molecule has 6 nitrogen and oxygen atoms in total. The predicted octanol–water partition coefficient (Wildman–Crippen LogP) is 4.97. The van der Waals surface area contributed by atoms with Crippen molar-refractivity contribution in [3.05, 3.63) is 107 Å². The highest BCUT2D eigenvalue weighted by Crippen LogP contribution is 2.39. The average molecular weight is 455 g/mol. The van der Waals surface area contributed by atoms with Crippen molar-refractivity contribution < 1.29 is 9.90 Å². The maximum absolute atomic E-state index is 13.6. The Labute approximate surface area is 195 Å². The number of amides is 1. The maximum Gasteiger partial charge on any atom is 0.284 e. The molecule has 0 saturated carbocycles. The number of pyridine rings is 1. The molecule has 3 N–H and O–H groups in total. The van der Waals surface area contributed by atoms with Crippen LogP contribution < -0.4 is 5.73 Å². The van der Waals surface area contributed by atoms with Gasteiger partial charge in [-0.25, -0.2) is 5.01 Å². The molecule has 2 aromatic carbocycles. The first-order valence-electron chi connectivity index (χ1n) is 10.6. The molecule has 1 amide bonds. The monoisotopic (exact) mass is 454 g/mol. The number of nitrogens with zero attached hydrogens (tertiary/aromatic N) is 3. The van der Waals surface area contributed by atoms with Crippen molar-refractivity contribution in [2.45, 2.75) is 19.0 Å². The summed E-state index contributed by atoms with van der Waals surface area (Å²) < 4.78 is 0. The second-order valence-electron chi connectivity index (χ2n) is 7.74. The number of hydrogen-bond acceptors (Lipinski definition) is 6. The van der Waals surface area contributed by atoms with Crippen LogP contribution in [0.1, 0.15) is 38.8 Å². The number of phenolic OH excluding ortho intramolecular Hbond substituents is 1. The first kappa shape index (κ1) is 21.1. The number of rotatable bonds is 5. The van der Waals surface area contributed by atoms with Gasteiger partial charge in [0.05, 0.1) is 16.6 Å². The fraction of sp³-hybridized carbons (Fsp3) is 0.115. The lowest BCUT2D eigenvalue weighted by Crippen LogP contribution is -2.26. The molecule has 1 unspecified atom stereocenters. The first-order chi connectivity index (χ1) is 16.2. The molecule has 0 radical (unpaired) electrons. The molecule has 7 heteroatoms. The Morgan fingerprint density at radius 3 is 2.67 bits per heavy atom. The number of carbonyl (C=O) groups excluding carboxylic acids is 1. The zero-order valence-corrected chi connectivity index (χ0v) is 18.6. The van der Waals surface area contributed by atoms with E-state index in [1.165, 1.54) is 16.3 Å². The van der Waals surface area contributed by atoms with Gasteiger partial charge in [0.25, 0.3) is 5.91 Å². The number of hydrogen-bond donors (Lipinski definition) is 2. The van der Waals surface area contributed by atoms with E-state index in [0.29, 0.717) is 23.4 Å².